The second-order valence-electron chi connectivity index (χ2n) is 5.71. The van der Waals surface area contributed by atoms with Crippen LogP contribution in [0.2, 0.25) is 0 Å². The summed E-state index contributed by atoms with van der Waals surface area (Å²) in [6, 6.07) is 11.8. The summed E-state index contributed by atoms with van der Waals surface area (Å²) in [6.07, 6.45) is -3.43. The molecule has 0 aliphatic carbocycles. The summed E-state index contributed by atoms with van der Waals surface area (Å²) in [6.45, 7) is 0. The SMILES string of the molecule is O=C(C[C@H]1Sc2ccccc2NC1=O)N/N=C\c1cccc(C(F)(F)F)c1. The number of amides is 2. The van der Waals surface area contributed by atoms with Gasteiger partial charge in [0.25, 0.3) is 0 Å². The lowest BCUT2D eigenvalue weighted by Crippen LogP contribution is -2.33. The average Bonchev–Trinajstić information content (AvgIpc) is 2.62. The van der Waals surface area contributed by atoms with Gasteiger partial charge in [-0.15, -0.1) is 11.8 Å². The monoisotopic (exact) mass is 393 g/mol. The second-order valence-corrected chi connectivity index (χ2v) is 6.96. The van der Waals surface area contributed by atoms with Gasteiger partial charge in [-0.3, -0.25) is 9.59 Å². The zero-order chi connectivity index (χ0) is 19.4. The molecular formula is C18H14F3N3O2S. The maximum Gasteiger partial charge on any atom is 0.416 e. The minimum atomic E-state index is -4.45. The summed E-state index contributed by atoms with van der Waals surface area (Å²) in [5.74, 6) is -0.791. The number of rotatable bonds is 4. The molecule has 0 aromatic heterocycles. The maximum atomic E-state index is 12.7. The van der Waals surface area contributed by atoms with Gasteiger partial charge in [0.15, 0.2) is 0 Å². The molecule has 1 aliphatic rings. The molecule has 5 nitrogen and oxygen atoms in total. The molecule has 0 saturated heterocycles. The number of alkyl halides is 3. The number of hydrazone groups is 1. The van der Waals surface area contributed by atoms with Crippen molar-refractivity contribution < 1.29 is 22.8 Å². The number of anilines is 1. The molecule has 27 heavy (non-hydrogen) atoms. The number of carbonyl (C=O) groups is 2. The Morgan fingerprint density at radius 3 is 2.78 bits per heavy atom. The minimum absolute atomic E-state index is 0.106. The molecule has 140 valence electrons. The van der Waals surface area contributed by atoms with Crippen LogP contribution >= 0.6 is 11.8 Å². The summed E-state index contributed by atoms with van der Waals surface area (Å²) in [5, 5.41) is 5.79. The number of para-hydroxylation sites is 1. The van der Waals surface area contributed by atoms with Gasteiger partial charge in [0.05, 0.1) is 22.7 Å². The Hall–Kier alpha value is -2.81. The van der Waals surface area contributed by atoms with Crippen LogP contribution < -0.4 is 10.7 Å². The summed E-state index contributed by atoms with van der Waals surface area (Å²) in [5.41, 5.74) is 2.34. The number of nitrogens with zero attached hydrogens (tertiary/aromatic N) is 1. The van der Waals surface area contributed by atoms with Crippen LogP contribution in [0.4, 0.5) is 18.9 Å². The molecule has 0 spiro atoms. The number of carbonyl (C=O) groups excluding carboxylic acids is 2. The first-order valence-corrected chi connectivity index (χ1v) is 8.76. The van der Waals surface area contributed by atoms with E-state index in [0.29, 0.717) is 5.69 Å². The minimum Gasteiger partial charge on any atom is -0.324 e. The van der Waals surface area contributed by atoms with Gasteiger partial charge in [-0.2, -0.15) is 18.3 Å². The van der Waals surface area contributed by atoms with E-state index >= 15 is 0 Å². The quantitative estimate of drug-likeness (QED) is 0.615. The smallest absolute Gasteiger partial charge is 0.324 e. The van der Waals surface area contributed by atoms with E-state index in [-0.39, 0.29) is 17.9 Å². The van der Waals surface area contributed by atoms with Gasteiger partial charge < -0.3 is 5.32 Å². The first-order valence-electron chi connectivity index (χ1n) is 7.88. The number of hydrogen-bond acceptors (Lipinski definition) is 4. The number of benzene rings is 2. The van der Waals surface area contributed by atoms with E-state index in [2.05, 4.69) is 15.8 Å². The molecule has 2 N–H and O–H groups in total. The topological polar surface area (TPSA) is 70.6 Å². The van der Waals surface area contributed by atoms with Crippen LogP contribution in [0.25, 0.3) is 0 Å². The van der Waals surface area contributed by atoms with Crippen molar-refractivity contribution in [2.75, 3.05) is 5.32 Å². The van der Waals surface area contributed by atoms with E-state index < -0.39 is 22.9 Å². The highest BCUT2D eigenvalue weighted by Crippen LogP contribution is 2.36. The van der Waals surface area contributed by atoms with Crippen molar-refractivity contribution in [2.45, 2.75) is 22.7 Å². The number of thioether (sulfide) groups is 1. The van der Waals surface area contributed by atoms with Crippen LogP contribution in [-0.2, 0) is 15.8 Å². The molecule has 0 radical (unpaired) electrons. The number of hydrogen-bond donors (Lipinski definition) is 2. The molecule has 0 saturated carbocycles. The van der Waals surface area contributed by atoms with Crippen LogP contribution in [0, 0.1) is 0 Å². The van der Waals surface area contributed by atoms with Gasteiger partial charge in [-0.05, 0) is 29.8 Å². The third-order valence-corrected chi connectivity index (χ3v) is 4.97. The van der Waals surface area contributed by atoms with E-state index in [1.807, 2.05) is 12.1 Å². The third kappa shape index (κ3) is 4.88. The fourth-order valence-electron chi connectivity index (χ4n) is 2.42. The average molecular weight is 393 g/mol. The van der Waals surface area contributed by atoms with Gasteiger partial charge in [0.1, 0.15) is 0 Å². The molecule has 0 bridgehead atoms. The highest BCUT2D eigenvalue weighted by molar-refractivity contribution is 8.01. The number of fused-ring (bicyclic) bond motifs is 1. The maximum absolute atomic E-state index is 12.7. The highest BCUT2D eigenvalue weighted by atomic mass is 32.2. The van der Waals surface area contributed by atoms with Crippen LogP contribution in [0.1, 0.15) is 17.5 Å². The fraction of sp³-hybridized carbons (Fsp3) is 0.167. The molecule has 1 atom stereocenters. The predicted molar refractivity (Wildman–Crippen MR) is 96.5 cm³/mol. The van der Waals surface area contributed by atoms with Crippen molar-refractivity contribution in [3.8, 4) is 0 Å². The van der Waals surface area contributed by atoms with E-state index in [1.165, 1.54) is 23.9 Å². The predicted octanol–water partition coefficient (Wildman–Crippen LogP) is 3.66. The molecule has 1 aliphatic heterocycles. The van der Waals surface area contributed by atoms with Crippen LogP contribution in [0.15, 0.2) is 58.5 Å². The molecule has 1 heterocycles. The Bertz CT molecular complexity index is 899. The van der Waals surface area contributed by atoms with Gasteiger partial charge in [-0.25, -0.2) is 5.43 Å². The summed E-state index contributed by atoms with van der Waals surface area (Å²) >= 11 is 1.28. The molecule has 9 heteroatoms. The molecule has 0 fully saturated rings. The lowest BCUT2D eigenvalue weighted by Gasteiger charge is -2.23. The van der Waals surface area contributed by atoms with Gasteiger partial charge >= 0.3 is 6.18 Å². The zero-order valence-electron chi connectivity index (χ0n) is 13.8. The standard InChI is InChI=1S/C18H14F3N3O2S/c19-18(20,21)12-5-3-4-11(8-12)10-22-24-16(25)9-15-17(26)23-13-6-1-2-7-14(13)27-15/h1-8,10,15H,9H2,(H,23,26)(H,24,25)/b22-10-/t15-/m1/s1. The lowest BCUT2D eigenvalue weighted by atomic mass is 10.1. The van der Waals surface area contributed by atoms with Crippen molar-refractivity contribution in [3.63, 3.8) is 0 Å². The number of halogens is 3. The van der Waals surface area contributed by atoms with Crippen LogP contribution in [0.3, 0.4) is 0 Å². The zero-order valence-corrected chi connectivity index (χ0v) is 14.6. The largest absolute Gasteiger partial charge is 0.416 e. The van der Waals surface area contributed by atoms with Crippen molar-refractivity contribution >= 4 is 35.5 Å². The Balaban J connectivity index is 1.57. The molecule has 0 unspecified atom stereocenters. The van der Waals surface area contributed by atoms with Crippen LogP contribution in [0.5, 0.6) is 0 Å². The first kappa shape index (κ1) is 19.0. The van der Waals surface area contributed by atoms with Crippen molar-refractivity contribution in [2.24, 2.45) is 5.10 Å². The Morgan fingerprint density at radius 2 is 2.00 bits per heavy atom. The third-order valence-electron chi connectivity index (χ3n) is 3.69. The fourth-order valence-corrected chi connectivity index (χ4v) is 3.53. The summed E-state index contributed by atoms with van der Waals surface area (Å²) in [4.78, 5) is 24.9. The molecule has 2 aromatic carbocycles. The highest BCUT2D eigenvalue weighted by Gasteiger charge is 2.30. The molecular weight excluding hydrogens is 379 g/mol. The van der Waals surface area contributed by atoms with Gasteiger partial charge in [0, 0.05) is 11.3 Å². The first-order chi connectivity index (χ1) is 12.8. The number of nitrogens with one attached hydrogen (secondary N) is 2. The summed E-state index contributed by atoms with van der Waals surface area (Å²) < 4.78 is 38.0. The van der Waals surface area contributed by atoms with Crippen molar-refractivity contribution in [3.05, 3.63) is 59.7 Å². The Kier molecular flexibility index (Phi) is 5.50. The molecule has 2 amide bonds. The van der Waals surface area contributed by atoms with Gasteiger partial charge in [-0.1, -0.05) is 24.3 Å². The Labute approximate surface area is 157 Å². The molecule has 2 aromatic rings. The van der Waals surface area contributed by atoms with E-state index in [0.717, 1.165) is 23.2 Å². The normalized spacial score (nSPS) is 16.7. The Morgan fingerprint density at radius 1 is 1.22 bits per heavy atom. The van der Waals surface area contributed by atoms with Crippen molar-refractivity contribution in [1.82, 2.24) is 5.43 Å². The summed E-state index contributed by atoms with van der Waals surface area (Å²) in [7, 11) is 0. The molecule has 3 rings (SSSR count). The lowest BCUT2D eigenvalue weighted by molar-refractivity contribution is -0.137. The van der Waals surface area contributed by atoms with E-state index in [1.54, 1.807) is 12.1 Å². The van der Waals surface area contributed by atoms with E-state index in [9.17, 15) is 22.8 Å². The van der Waals surface area contributed by atoms with E-state index in [4.69, 9.17) is 0 Å². The van der Waals surface area contributed by atoms with Crippen molar-refractivity contribution in [1.29, 1.82) is 0 Å². The second kappa shape index (κ2) is 7.83. The van der Waals surface area contributed by atoms with Gasteiger partial charge in [0.2, 0.25) is 11.8 Å². The van der Waals surface area contributed by atoms with Crippen LogP contribution in [-0.4, -0.2) is 23.3 Å².